The lowest BCUT2D eigenvalue weighted by Gasteiger charge is -2.17. The van der Waals surface area contributed by atoms with E-state index in [2.05, 4.69) is 0 Å². The lowest BCUT2D eigenvalue weighted by atomic mass is 10.1. The molecule has 92 valence electrons. The van der Waals surface area contributed by atoms with Crippen LogP contribution in [-0.4, -0.2) is 29.8 Å². The summed E-state index contributed by atoms with van der Waals surface area (Å²) in [5.74, 6) is 0.0846. The number of rotatable bonds is 2. The summed E-state index contributed by atoms with van der Waals surface area (Å²) in [6.07, 6.45) is 0.891. The Kier molecular flexibility index (Phi) is 3.89. The summed E-state index contributed by atoms with van der Waals surface area (Å²) in [6.45, 7) is 1.28. The van der Waals surface area contributed by atoms with Gasteiger partial charge in [-0.15, -0.1) is 11.6 Å². The van der Waals surface area contributed by atoms with Gasteiger partial charge in [-0.25, -0.2) is 4.39 Å². The summed E-state index contributed by atoms with van der Waals surface area (Å²) >= 11 is 11.5. The Morgan fingerprint density at radius 2 is 2.29 bits per heavy atom. The second-order valence-corrected chi connectivity index (χ2v) is 4.85. The highest BCUT2D eigenvalue weighted by molar-refractivity contribution is 6.34. The van der Waals surface area contributed by atoms with Gasteiger partial charge in [-0.2, -0.15) is 0 Å². The largest absolute Gasteiger partial charge is 0.338 e. The standard InChI is InChI=1S/C12H12Cl2FNO/c13-6-8-4-5-16(7-8)12(17)9-2-1-3-10(15)11(9)14/h1-3,8H,4-7H2. The van der Waals surface area contributed by atoms with E-state index in [1.165, 1.54) is 12.1 Å². The smallest absolute Gasteiger partial charge is 0.255 e. The van der Waals surface area contributed by atoms with Gasteiger partial charge in [0.25, 0.3) is 5.91 Å². The zero-order valence-corrected chi connectivity index (χ0v) is 10.6. The summed E-state index contributed by atoms with van der Waals surface area (Å²) < 4.78 is 13.2. The highest BCUT2D eigenvalue weighted by atomic mass is 35.5. The Bertz CT molecular complexity index is 439. The first-order chi connectivity index (χ1) is 8.13. The summed E-state index contributed by atoms with van der Waals surface area (Å²) in [6, 6.07) is 4.27. The van der Waals surface area contributed by atoms with Crippen molar-refractivity contribution in [3.8, 4) is 0 Å². The third-order valence-corrected chi connectivity index (χ3v) is 3.79. The van der Waals surface area contributed by atoms with Gasteiger partial charge >= 0.3 is 0 Å². The van der Waals surface area contributed by atoms with Crippen molar-refractivity contribution in [2.45, 2.75) is 6.42 Å². The van der Waals surface area contributed by atoms with Crippen molar-refractivity contribution in [3.63, 3.8) is 0 Å². The molecule has 1 aromatic rings. The second-order valence-electron chi connectivity index (χ2n) is 4.16. The minimum Gasteiger partial charge on any atom is -0.338 e. The molecule has 2 rings (SSSR count). The molecule has 1 heterocycles. The molecule has 0 aromatic heterocycles. The van der Waals surface area contributed by atoms with E-state index in [4.69, 9.17) is 23.2 Å². The molecule has 1 aromatic carbocycles. The molecule has 0 N–H and O–H groups in total. The molecule has 1 fully saturated rings. The van der Waals surface area contributed by atoms with Crippen molar-refractivity contribution < 1.29 is 9.18 Å². The third-order valence-electron chi connectivity index (χ3n) is 2.97. The van der Waals surface area contributed by atoms with Crippen LogP contribution in [0, 0.1) is 11.7 Å². The van der Waals surface area contributed by atoms with Gasteiger partial charge in [0, 0.05) is 19.0 Å². The predicted octanol–water partition coefficient (Wildman–Crippen LogP) is 3.18. The summed E-state index contributed by atoms with van der Waals surface area (Å²) in [4.78, 5) is 13.8. The number of likely N-dealkylation sites (tertiary alicyclic amines) is 1. The number of halogens is 3. The van der Waals surface area contributed by atoms with Gasteiger partial charge in [0.05, 0.1) is 10.6 Å². The van der Waals surface area contributed by atoms with E-state index in [9.17, 15) is 9.18 Å². The Morgan fingerprint density at radius 3 is 2.94 bits per heavy atom. The zero-order valence-electron chi connectivity index (χ0n) is 9.13. The number of nitrogens with zero attached hydrogens (tertiary/aromatic N) is 1. The highest BCUT2D eigenvalue weighted by Crippen LogP contribution is 2.24. The Labute approximate surface area is 109 Å². The molecule has 1 aliphatic heterocycles. The normalized spacial score (nSPS) is 19.7. The molecule has 1 atom stereocenters. The van der Waals surface area contributed by atoms with Gasteiger partial charge < -0.3 is 4.90 Å². The van der Waals surface area contributed by atoms with Crippen LogP contribution in [0.3, 0.4) is 0 Å². The van der Waals surface area contributed by atoms with E-state index in [1.54, 1.807) is 11.0 Å². The molecule has 0 spiro atoms. The van der Waals surface area contributed by atoms with Crippen LogP contribution in [0.4, 0.5) is 4.39 Å². The number of alkyl halides is 1. The topological polar surface area (TPSA) is 20.3 Å². The van der Waals surface area contributed by atoms with Crippen LogP contribution in [0.25, 0.3) is 0 Å². The van der Waals surface area contributed by atoms with Gasteiger partial charge in [-0.3, -0.25) is 4.79 Å². The van der Waals surface area contributed by atoms with Gasteiger partial charge in [-0.05, 0) is 24.5 Å². The molecule has 17 heavy (non-hydrogen) atoms. The predicted molar refractivity (Wildman–Crippen MR) is 66.1 cm³/mol. The van der Waals surface area contributed by atoms with Crippen LogP contribution >= 0.6 is 23.2 Å². The fraction of sp³-hybridized carbons (Fsp3) is 0.417. The molecule has 0 radical (unpaired) electrons. The van der Waals surface area contributed by atoms with Gasteiger partial charge in [0.2, 0.25) is 0 Å². The lowest BCUT2D eigenvalue weighted by molar-refractivity contribution is 0.0788. The van der Waals surface area contributed by atoms with E-state index >= 15 is 0 Å². The quantitative estimate of drug-likeness (QED) is 0.760. The maximum absolute atomic E-state index is 13.2. The summed E-state index contributed by atoms with van der Waals surface area (Å²) in [7, 11) is 0. The fourth-order valence-electron chi connectivity index (χ4n) is 1.98. The van der Waals surface area contributed by atoms with E-state index in [-0.39, 0.29) is 16.5 Å². The van der Waals surface area contributed by atoms with E-state index < -0.39 is 5.82 Å². The molecule has 0 aliphatic carbocycles. The average molecular weight is 276 g/mol. The molecule has 0 saturated carbocycles. The third kappa shape index (κ3) is 2.55. The molecular formula is C12H12Cl2FNO. The monoisotopic (exact) mass is 275 g/mol. The first-order valence-corrected chi connectivity index (χ1v) is 6.34. The van der Waals surface area contributed by atoms with Crippen molar-refractivity contribution in [2.24, 2.45) is 5.92 Å². The fourth-order valence-corrected chi connectivity index (χ4v) is 2.44. The number of carbonyl (C=O) groups is 1. The van der Waals surface area contributed by atoms with Crippen molar-refractivity contribution in [3.05, 3.63) is 34.6 Å². The SMILES string of the molecule is O=C(c1cccc(F)c1Cl)N1CCC(CCl)C1. The van der Waals surface area contributed by atoms with Gasteiger partial charge in [0.1, 0.15) is 5.82 Å². The van der Waals surface area contributed by atoms with E-state index in [0.29, 0.717) is 24.9 Å². The summed E-state index contributed by atoms with van der Waals surface area (Å²) in [5.41, 5.74) is 0.224. The number of carbonyl (C=O) groups excluding carboxylic acids is 1. The van der Waals surface area contributed by atoms with Crippen LogP contribution in [-0.2, 0) is 0 Å². The Morgan fingerprint density at radius 1 is 1.53 bits per heavy atom. The lowest BCUT2D eigenvalue weighted by Crippen LogP contribution is -2.29. The first kappa shape index (κ1) is 12.7. The molecule has 1 saturated heterocycles. The van der Waals surface area contributed by atoms with Crippen LogP contribution < -0.4 is 0 Å². The first-order valence-electron chi connectivity index (χ1n) is 5.42. The minimum absolute atomic E-state index is 0.105. The Hall–Kier alpha value is -0.800. The van der Waals surface area contributed by atoms with Crippen LogP contribution in [0.1, 0.15) is 16.8 Å². The Balaban J connectivity index is 2.18. The van der Waals surface area contributed by atoms with Crippen molar-refractivity contribution >= 4 is 29.1 Å². The minimum atomic E-state index is -0.564. The van der Waals surface area contributed by atoms with Crippen molar-refractivity contribution in [1.82, 2.24) is 4.90 Å². The van der Waals surface area contributed by atoms with Crippen LogP contribution in [0.15, 0.2) is 18.2 Å². The molecule has 1 amide bonds. The van der Waals surface area contributed by atoms with Gasteiger partial charge in [0.15, 0.2) is 0 Å². The highest BCUT2D eigenvalue weighted by Gasteiger charge is 2.27. The number of hydrogen-bond acceptors (Lipinski definition) is 1. The average Bonchev–Trinajstić information content (AvgIpc) is 2.80. The molecule has 0 bridgehead atoms. The zero-order chi connectivity index (χ0) is 12.4. The second kappa shape index (κ2) is 5.23. The maximum atomic E-state index is 13.2. The molecule has 5 heteroatoms. The number of benzene rings is 1. The van der Waals surface area contributed by atoms with Crippen molar-refractivity contribution in [1.29, 1.82) is 0 Å². The van der Waals surface area contributed by atoms with E-state index in [0.717, 1.165) is 6.42 Å². The van der Waals surface area contributed by atoms with Crippen molar-refractivity contribution in [2.75, 3.05) is 19.0 Å². The van der Waals surface area contributed by atoms with Crippen LogP contribution in [0.2, 0.25) is 5.02 Å². The van der Waals surface area contributed by atoms with Crippen LogP contribution in [0.5, 0.6) is 0 Å². The molecule has 1 unspecified atom stereocenters. The maximum Gasteiger partial charge on any atom is 0.255 e. The van der Waals surface area contributed by atoms with E-state index in [1.807, 2.05) is 0 Å². The summed E-state index contributed by atoms with van der Waals surface area (Å²) in [5, 5.41) is -0.105. The number of hydrogen-bond donors (Lipinski definition) is 0. The number of amides is 1. The molecule has 2 nitrogen and oxygen atoms in total. The van der Waals surface area contributed by atoms with Gasteiger partial charge in [-0.1, -0.05) is 17.7 Å². The molecular weight excluding hydrogens is 264 g/mol. The molecule has 1 aliphatic rings.